The van der Waals surface area contributed by atoms with E-state index in [-0.39, 0.29) is 5.60 Å². The highest BCUT2D eigenvalue weighted by atomic mass is 16.5. The highest BCUT2D eigenvalue weighted by Crippen LogP contribution is 2.19. The molecule has 2 nitrogen and oxygen atoms in total. The number of rotatable bonds is 8. The second-order valence-electron chi connectivity index (χ2n) is 4.98. The molecule has 0 aliphatic carbocycles. The predicted molar refractivity (Wildman–Crippen MR) is 67.2 cm³/mol. The molecule has 0 aromatic heterocycles. The van der Waals surface area contributed by atoms with Gasteiger partial charge in [-0.3, -0.25) is 0 Å². The normalized spacial score (nSPS) is 13.9. The van der Waals surface area contributed by atoms with Gasteiger partial charge in [0.2, 0.25) is 0 Å². The minimum Gasteiger partial charge on any atom is -0.379 e. The van der Waals surface area contributed by atoms with Crippen molar-refractivity contribution in [2.24, 2.45) is 0 Å². The van der Waals surface area contributed by atoms with Crippen LogP contribution in [0.15, 0.2) is 12.2 Å². The minimum absolute atomic E-state index is 0.0547. The van der Waals surface area contributed by atoms with Crippen molar-refractivity contribution < 1.29 is 4.74 Å². The van der Waals surface area contributed by atoms with E-state index in [4.69, 9.17) is 4.74 Å². The topological polar surface area (TPSA) is 21.3 Å². The first kappa shape index (κ1) is 14.7. The van der Waals surface area contributed by atoms with E-state index in [0.29, 0.717) is 6.04 Å². The Bertz CT molecular complexity index is 187. The summed E-state index contributed by atoms with van der Waals surface area (Å²) >= 11 is 0. The Balaban J connectivity index is 4.16. The molecule has 1 N–H and O–H groups in total. The van der Waals surface area contributed by atoms with E-state index >= 15 is 0 Å². The van der Waals surface area contributed by atoms with Crippen LogP contribution in [0.2, 0.25) is 0 Å². The summed E-state index contributed by atoms with van der Waals surface area (Å²) in [4.78, 5) is 0. The van der Waals surface area contributed by atoms with Gasteiger partial charge in [-0.15, -0.1) is 6.58 Å². The number of nitrogens with one attached hydrogen (secondary N) is 1. The molecule has 0 aliphatic heterocycles. The molecule has 0 saturated carbocycles. The van der Waals surface area contributed by atoms with Gasteiger partial charge in [-0.25, -0.2) is 0 Å². The summed E-state index contributed by atoms with van der Waals surface area (Å²) in [5.74, 6) is 0. The Hall–Kier alpha value is -0.340. The molecule has 0 rings (SSSR count). The first-order chi connectivity index (χ1) is 6.91. The fourth-order valence-corrected chi connectivity index (χ4v) is 1.66. The van der Waals surface area contributed by atoms with Crippen LogP contribution in [-0.4, -0.2) is 25.3 Å². The molecule has 15 heavy (non-hydrogen) atoms. The lowest BCUT2D eigenvalue weighted by atomic mass is 9.94. The molecular weight excluding hydrogens is 186 g/mol. The lowest BCUT2D eigenvalue weighted by molar-refractivity contribution is 0.00716. The highest BCUT2D eigenvalue weighted by molar-refractivity contribution is 4.94. The van der Waals surface area contributed by atoms with Crippen LogP contribution in [0.25, 0.3) is 0 Å². The van der Waals surface area contributed by atoms with Crippen molar-refractivity contribution in [2.45, 2.75) is 58.6 Å². The third-order valence-electron chi connectivity index (χ3n) is 2.57. The average molecular weight is 213 g/mol. The Morgan fingerprint density at radius 2 is 2.07 bits per heavy atom. The van der Waals surface area contributed by atoms with Gasteiger partial charge in [0.15, 0.2) is 0 Å². The first-order valence-corrected chi connectivity index (χ1v) is 5.84. The van der Waals surface area contributed by atoms with Crippen molar-refractivity contribution in [3.05, 3.63) is 12.2 Å². The van der Waals surface area contributed by atoms with Crippen LogP contribution in [0, 0.1) is 0 Å². The number of hydrogen-bond acceptors (Lipinski definition) is 2. The Labute approximate surface area is 95.1 Å². The maximum absolute atomic E-state index is 5.46. The molecule has 90 valence electrons. The summed E-state index contributed by atoms with van der Waals surface area (Å²) in [6.07, 6.45) is 3.23. The van der Waals surface area contributed by atoms with Crippen LogP contribution in [0.1, 0.15) is 47.0 Å². The molecule has 1 unspecified atom stereocenters. The number of ether oxygens (including phenoxy) is 1. The van der Waals surface area contributed by atoms with Gasteiger partial charge in [0.25, 0.3) is 0 Å². The van der Waals surface area contributed by atoms with Crippen molar-refractivity contribution in [1.82, 2.24) is 5.32 Å². The summed E-state index contributed by atoms with van der Waals surface area (Å²) in [6, 6.07) is 0.484. The zero-order chi connectivity index (χ0) is 11.9. The van der Waals surface area contributed by atoms with E-state index < -0.39 is 0 Å². The number of methoxy groups -OCH3 is 1. The van der Waals surface area contributed by atoms with Crippen LogP contribution < -0.4 is 5.32 Å². The van der Waals surface area contributed by atoms with E-state index in [9.17, 15) is 0 Å². The van der Waals surface area contributed by atoms with E-state index in [2.05, 4.69) is 39.6 Å². The highest BCUT2D eigenvalue weighted by Gasteiger charge is 2.22. The van der Waals surface area contributed by atoms with Crippen molar-refractivity contribution in [2.75, 3.05) is 13.7 Å². The van der Waals surface area contributed by atoms with E-state index in [1.165, 1.54) is 12.0 Å². The Kier molecular flexibility index (Phi) is 6.86. The fraction of sp³-hybridized carbons (Fsp3) is 0.846. The van der Waals surface area contributed by atoms with Gasteiger partial charge < -0.3 is 10.1 Å². The second-order valence-corrected chi connectivity index (χ2v) is 4.98. The summed E-state index contributed by atoms with van der Waals surface area (Å²) < 4.78 is 5.46. The monoisotopic (exact) mass is 213 g/mol. The molecular formula is C13H27NO. The summed E-state index contributed by atoms with van der Waals surface area (Å²) in [5, 5.41) is 3.55. The standard InChI is InChI=1S/C13H27NO/c1-7-8-14-12(9-11(2)3)10-13(4,5)15-6/h12,14H,2,7-10H2,1,3-6H3. The van der Waals surface area contributed by atoms with E-state index in [1.807, 2.05) is 0 Å². The maximum Gasteiger partial charge on any atom is 0.0637 e. The lowest BCUT2D eigenvalue weighted by Gasteiger charge is -2.29. The number of hydrogen-bond donors (Lipinski definition) is 1. The lowest BCUT2D eigenvalue weighted by Crippen LogP contribution is -2.38. The molecule has 0 radical (unpaired) electrons. The first-order valence-electron chi connectivity index (χ1n) is 5.84. The van der Waals surface area contributed by atoms with Gasteiger partial charge in [-0.05, 0) is 46.6 Å². The third-order valence-corrected chi connectivity index (χ3v) is 2.57. The molecule has 0 fully saturated rings. The summed E-state index contributed by atoms with van der Waals surface area (Å²) in [6.45, 7) is 13.6. The SMILES string of the molecule is C=C(C)CC(CC(C)(C)OC)NCCC. The molecule has 0 aromatic carbocycles. The van der Waals surface area contributed by atoms with Gasteiger partial charge in [0, 0.05) is 13.2 Å². The molecule has 0 bridgehead atoms. The van der Waals surface area contributed by atoms with E-state index in [1.54, 1.807) is 7.11 Å². The van der Waals surface area contributed by atoms with Crippen LogP contribution in [0.5, 0.6) is 0 Å². The van der Waals surface area contributed by atoms with Gasteiger partial charge in [-0.1, -0.05) is 12.5 Å². The minimum atomic E-state index is -0.0547. The summed E-state index contributed by atoms with van der Waals surface area (Å²) in [5.41, 5.74) is 1.18. The zero-order valence-corrected chi connectivity index (χ0v) is 11.0. The fourth-order valence-electron chi connectivity index (χ4n) is 1.66. The van der Waals surface area contributed by atoms with Gasteiger partial charge in [0.1, 0.15) is 0 Å². The molecule has 0 heterocycles. The van der Waals surface area contributed by atoms with Gasteiger partial charge in [-0.2, -0.15) is 0 Å². The van der Waals surface area contributed by atoms with Crippen molar-refractivity contribution in [3.8, 4) is 0 Å². The summed E-state index contributed by atoms with van der Waals surface area (Å²) in [7, 11) is 1.78. The Morgan fingerprint density at radius 3 is 2.47 bits per heavy atom. The van der Waals surface area contributed by atoms with Crippen LogP contribution in [0.4, 0.5) is 0 Å². The van der Waals surface area contributed by atoms with Crippen LogP contribution >= 0.6 is 0 Å². The molecule has 0 spiro atoms. The van der Waals surface area contributed by atoms with E-state index in [0.717, 1.165) is 19.4 Å². The molecule has 0 amide bonds. The van der Waals surface area contributed by atoms with Gasteiger partial charge >= 0.3 is 0 Å². The van der Waals surface area contributed by atoms with Crippen LogP contribution in [-0.2, 0) is 4.74 Å². The van der Waals surface area contributed by atoms with Crippen LogP contribution in [0.3, 0.4) is 0 Å². The molecule has 0 aromatic rings. The van der Waals surface area contributed by atoms with Gasteiger partial charge in [0.05, 0.1) is 5.60 Å². The zero-order valence-electron chi connectivity index (χ0n) is 11.0. The predicted octanol–water partition coefficient (Wildman–Crippen LogP) is 3.14. The Morgan fingerprint density at radius 1 is 1.47 bits per heavy atom. The molecule has 1 atom stereocenters. The second kappa shape index (κ2) is 7.02. The third kappa shape index (κ3) is 7.57. The molecule has 2 heteroatoms. The largest absolute Gasteiger partial charge is 0.379 e. The smallest absolute Gasteiger partial charge is 0.0637 e. The van der Waals surface area contributed by atoms with Crippen molar-refractivity contribution >= 4 is 0 Å². The van der Waals surface area contributed by atoms with Crippen molar-refractivity contribution in [3.63, 3.8) is 0 Å². The average Bonchev–Trinajstić information content (AvgIpc) is 2.13. The molecule has 0 saturated heterocycles. The quantitative estimate of drug-likeness (QED) is 0.625. The van der Waals surface area contributed by atoms with Crippen molar-refractivity contribution in [1.29, 1.82) is 0 Å². The molecule has 0 aliphatic rings. The maximum atomic E-state index is 5.46.